The Morgan fingerprint density at radius 3 is 2.36 bits per heavy atom. The van der Waals surface area contributed by atoms with E-state index in [2.05, 4.69) is 21.1 Å². The number of rotatable bonds is 3. The van der Waals surface area contributed by atoms with Crippen LogP contribution in [0.2, 0.25) is 0 Å². The van der Waals surface area contributed by atoms with E-state index in [0.29, 0.717) is 17.8 Å². The number of aromatic nitrogens is 1. The van der Waals surface area contributed by atoms with Crippen molar-refractivity contribution in [2.75, 3.05) is 6.61 Å². The van der Waals surface area contributed by atoms with Crippen LogP contribution in [0.5, 0.6) is 5.88 Å². The monoisotopic (exact) mass is 283 g/mol. The lowest BCUT2D eigenvalue weighted by Gasteiger charge is -1.95. The Hall–Kier alpha value is -0.160. The summed E-state index contributed by atoms with van der Waals surface area (Å²) in [6.07, 6.45) is 0. The number of alkyl halides is 1. The van der Waals surface area contributed by atoms with Gasteiger partial charge in [-0.05, 0) is 19.0 Å². The van der Waals surface area contributed by atoms with Gasteiger partial charge < -0.3 is 9.26 Å². The second-order valence-corrected chi connectivity index (χ2v) is 2.66. The fourth-order valence-electron chi connectivity index (χ4n) is 0.749. The molecule has 3 nitrogen and oxygen atoms in total. The van der Waals surface area contributed by atoms with Gasteiger partial charge in [0.05, 0.1) is 17.5 Å². The van der Waals surface area contributed by atoms with Crippen molar-refractivity contribution in [3.05, 3.63) is 11.3 Å². The number of nitrogens with zero attached hydrogens (tertiary/aromatic N) is 1. The smallest absolute Gasteiger partial charge is 0.257 e. The summed E-state index contributed by atoms with van der Waals surface area (Å²) in [5, 5.41) is 4.43. The van der Waals surface area contributed by atoms with Crippen molar-refractivity contribution in [3.8, 4) is 5.88 Å². The summed E-state index contributed by atoms with van der Waals surface area (Å²) in [6, 6.07) is 0. The van der Waals surface area contributed by atoms with Gasteiger partial charge in [-0.2, -0.15) is 13.5 Å². The molecule has 0 unspecified atom stereocenters. The van der Waals surface area contributed by atoms with Crippen LogP contribution in [0.1, 0.15) is 32.1 Å². The largest absolute Gasteiger partial charge is 0.476 e. The number of hydrogen-bond acceptors (Lipinski definition) is 3. The molecule has 0 amide bonds. The second kappa shape index (κ2) is 9.40. The second-order valence-electron chi connectivity index (χ2n) is 2.10. The van der Waals surface area contributed by atoms with Crippen LogP contribution in [0, 0.1) is 6.92 Å². The zero-order chi connectivity index (χ0) is 10.3. The third kappa shape index (κ3) is 4.37. The van der Waals surface area contributed by atoms with Gasteiger partial charge in [-0.15, -0.1) is 0 Å². The highest BCUT2D eigenvalue weighted by Gasteiger charge is 2.10. The molecule has 1 rings (SSSR count). The molecule has 84 valence electrons. The van der Waals surface area contributed by atoms with Crippen LogP contribution >= 0.6 is 29.4 Å². The lowest BCUT2D eigenvalue weighted by molar-refractivity contribution is 0.290. The summed E-state index contributed by atoms with van der Waals surface area (Å²) in [5.74, 6) is 1.43. The molecule has 0 aliphatic heterocycles. The van der Waals surface area contributed by atoms with Crippen molar-refractivity contribution < 1.29 is 9.26 Å². The maximum atomic E-state index is 5.19. The van der Waals surface area contributed by atoms with Crippen LogP contribution in [0.4, 0.5) is 0 Å². The predicted molar refractivity (Wildman–Crippen MR) is 66.8 cm³/mol. The van der Waals surface area contributed by atoms with Crippen LogP contribution in [-0.4, -0.2) is 11.8 Å². The van der Waals surface area contributed by atoms with Gasteiger partial charge in [-0.25, -0.2) is 0 Å². The van der Waals surface area contributed by atoms with E-state index in [1.807, 2.05) is 27.7 Å². The van der Waals surface area contributed by atoms with Gasteiger partial charge in [-0.1, -0.05) is 29.8 Å². The van der Waals surface area contributed by atoms with Crippen LogP contribution < -0.4 is 4.74 Å². The molecule has 0 aliphatic rings. The molecule has 0 spiro atoms. The van der Waals surface area contributed by atoms with E-state index in [1.165, 1.54) is 0 Å². The minimum absolute atomic E-state index is 0. The molecule has 0 bridgehead atoms. The Balaban J connectivity index is 0. The summed E-state index contributed by atoms with van der Waals surface area (Å²) >= 11 is 3.28. The van der Waals surface area contributed by atoms with Gasteiger partial charge in [0.1, 0.15) is 0 Å². The Bertz CT molecular complexity index is 241. The molecule has 5 heteroatoms. The fraction of sp³-hybridized carbons (Fsp3) is 0.667. The average molecular weight is 284 g/mol. The first kappa shape index (κ1) is 16.3. The third-order valence-electron chi connectivity index (χ3n) is 1.38. The van der Waals surface area contributed by atoms with E-state index in [4.69, 9.17) is 9.26 Å². The van der Waals surface area contributed by atoms with Crippen LogP contribution in [-0.2, 0) is 5.33 Å². The van der Waals surface area contributed by atoms with Crippen LogP contribution in [0.15, 0.2) is 4.52 Å². The van der Waals surface area contributed by atoms with Gasteiger partial charge in [0.15, 0.2) is 5.76 Å². The summed E-state index contributed by atoms with van der Waals surface area (Å²) < 4.78 is 10.2. The zero-order valence-electron chi connectivity index (χ0n) is 9.06. The molecule has 0 saturated heterocycles. The predicted octanol–water partition coefficient (Wildman–Crippen LogP) is 3.42. The number of ether oxygens (including phenoxy) is 1. The number of halogens is 1. The lowest BCUT2D eigenvalue weighted by Crippen LogP contribution is -1.92. The molecule has 0 N–H and O–H groups in total. The standard InChI is InChI=1S/C7H10BrNO2.C2H6.H2S/c1-3-10-7-5(2)6(4-8)11-9-7;1-2;/h3-4H2,1-2H3;1-2H3;1H2. The van der Waals surface area contributed by atoms with Crippen molar-refractivity contribution in [1.29, 1.82) is 0 Å². The van der Waals surface area contributed by atoms with E-state index in [-0.39, 0.29) is 13.5 Å². The molecule has 0 atom stereocenters. The van der Waals surface area contributed by atoms with Gasteiger partial charge in [0.25, 0.3) is 5.88 Å². The zero-order valence-corrected chi connectivity index (χ0v) is 11.6. The maximum Gasteiger partial charge on any atom is 0.257 e. The molecular formula is C9H18BrNO2S. The van der Waals surface area contributed by atoms with Crippen molar-refractivity contribution in [2.24, 2.45) is 0 Å². The first-order chi connectivity index (χ1) is 6.29. The molecule has 14 heavy (non-hydrogen) atoms. The van der Waals surface area contributed by atoms with Crippen LogP contribution in [0.3, 0.4) is 0 Å². The minimum atomic E-state index is 0. The maximum absolute atomic E-state index is 5.19. The van der Waals surface area contributed by atoms with Crippen molar-refractivity contribution in [3.63, 3.8) is 0 Å². The first-order valence-corrected chi connectivity index (χ1v) is 5.55. The van der Waals surface area contributed by atoms with Gasteiger partial charge in [0.2, 0.25) is 0 Å². The van der Waals surface area contributed by atoms with E-state index < -0.39 is 0 Å². The molecule has 1 heterocycles. The molecule has 1 aromatic heterocycles. The quantitative estimate of drug-likeness (QED) is 0.798. The lowest BCUT2D eigenvalue weighted by atomic mass is 10.3. The Labute approximate surface area is 101 Å². The third-order valence-corrected chi connectivity index (χ3v) is 1.89. The molecule has 0 fully saturated rings. The summed E-state index contributed by atoms with van der Waals surface area (Å²) in [7, 11) is 0. The SMILES string of the molecule is CC.CCOc1noc(CBr)c1C.S. The molecule has 0 saturated carbocycles. The summed E-state index contributed by atoms with van der Waals surface area (Å²) in [4.78, 5) is 0. The minimum Gasteiger partial charge on any atom is -0.476 e. The van der Waals surface area contributed by atoms with Crippen molar-refractivity contribution in [2.45, 2.75) is 33.0 Å². The summed E-state index contributed by atoms with van der Waals surface area (Å²) in [6.45, 7) is 8.47. The molecule has 0 aliphatic carbocycles. The van der Waals surface area contributed by atoms with Gasteiger partial charge in [0, 0.05) is 0 Å². The van der Waals surface area contributed by atoms with Gasteiger partial charge >= 0.3 is 0 Å². The Morgan fingerprint density at radius 1 is 1.43 bits per heavy atom. The highest BCUT2D eigenvalue weighted by Crippen LogP contribution is 2.21. The normalized spacial score (nSPS) is 8.36. The first-order valence-electron chi connectivity index (χ1n) is 4.43. The van der Waals surface area contributed by atoms with E-state index in [0.717, 1.165) is 11.3 Å². The summed E-state index contributed by atoms with van der Waals surface area (Å²) in [5.41, 5.74) is 0.976. The average Bonchev–Trinajstić information content (AvgIpc) is 2.52. The van der Waals surface area contributed by atoms with Gasteiger partial charge in [-0.3, -0.25) is 0 Å². The van der Waals surface area contributed by atoms with Crippen molar-refractivity contribution in [1.82, 2.24) is 5.16 Å². The highest BCUT2D eigenvalue weighted by molar-refractivity contribution is 9.08. The van der Waals surface area contributed by atoms with Crippen molar-refractivity contribution >= 4 is 29.4 Å². The molecule has 0 aromatic carbocycles. The van der Waals surface area contributed by atoms with E-state index >= 15 is 0 Å². The Morgan fingerprint density at radius 2 is 2.00 bits per heavy atom. The number of hydrogen-bond donors (Lipinski definition) is 0. The molecule has 0 radical (unpaired) electrons. The Kier molecular flexibility index (Phi) is 10.9. The molecule has 1 aromatic rings. The molecular weight excluding hydrogens is 266 g/mol. The van der Waals surface area contributed by atoms with E-state index in [9.17, 15) is 0 Å². The highest BCUT2D eigenvalue weighted by atomic mass is 79.9. The van der Waals surface area contributed by atoms with Crippen LogP contribution in [0.25, 0.3) is 0 Å². The fourth-order valence-corrected chi connectivity index (χ4v) is 1.27. The van der Waals surface area contributed by atoms with E-state index in [1.54, 1.807) is 0 Å². The topological polar surface area (TPSA) is 35.3 Å².